The summed E-state index contributed by atoms with van der Waals surface area (Å²) >= 11 is 0. The monoisotopic (exact) mass is 315 g/mol. The molecular formula is C16H21N5O2. The van der Waals surface area contributed by atoms with E-state index in [0.29, 0.717) is 19.5 Å². The molecule has 7 nitrogen and oxygen atoms in total. The number of nitrogens with one attached hydrogen (secondary N) is 3. The molecule has 3 N–H and O–H groups in total. The normalized spacial score (nSPS) is 18.6. The Morgan fingerprint density at radius 2 is 2.39 bits per heavy atom. The van der Waals surface area contributed by atoms with Crippen molar-refractivity contribution in [3.63, 3.8) is 0 Å². The highest BCUT2D eigenvalue weighted by molar-refractivity contribution is 5.80. The van der Waals surface area contributed by atoms with Gasteiger partial charge in [-0.1, -0.05) is 6.07 Å². The van der Waals surface area contributed by atoms with E-state index in [2.05, 4.69) is 27.0 Å². The average molecular weight is 315 g/mol. The molecule has 1 aromatic rings. The second-order valence-electron chi connectivity index (χ2n) is 5.54. The van der Waals surface area contributed by atoms with Gasteiger partial charge in [-0.2, -0.15) is 5.26 Å². The number of hydrogen-bond acceptors (Lipinski definition) is 5. The number of carbonyl (C=O) groups is 2. The van der Waals surface area contributed by atoms with Crippen LogP contribution in [0.4, 0.5) is 0 Å². The number of amides is 2. The summed E-state index contributed by atoms with van der Waals surface area (Å²) in [6.07, 6.45) is 3.72. The molecule has 0 unspecified atom stereocenters. The first-order chi connectivity index (χ1) is 11.2. The Kier molecular flexibility index (Phi) is 6.51. The average Bonchev–Trinajstić information content (AvgIpc) is 2.57. The Balaban J connectivity index is 1.72. The Hall–Kier alpha value is -2.46. The van der Waals surface area contributed by atoms with Gasteiger partial charge in [0.1, 0.15) is 6.04 Å². The van der Waals surface area contributed by atoms with Gasteiger partial charge in [-0.05, 0) is 31.4 Å². The number of hydrogen-bond donors (Lipinski definition) is 3. The molecule has 0 aliphatic carbocycles. The van der Waals surface area contributed by atoms with Gasteiger partial charge in [-0.3, -0.25) is 14.6 Å². The van der Waals surface area contributed by atoms with Crippen molar-refractivity contribution < 1.29 is 9.59 Å². The molecule has 23 heavy (non-hydrogen) atoms. The van der Waals surface area contributed by atoms with Crippen molar-refractivity contribution in [3.8, 4) is 6.07 Å². The molecule has 0 spiro atoms. The summed E-state index contributed by atoms with van der Waals surface area (Å²) in [6, 6.07) is 6.99. The van der Waals surface area contributed by atoms with Crippen LogP contribution in [-0.2, 0) is 16.1 Å². The van der Waals surface area contributed by atoms with Crippen LogP contribution in [-0.4, -0.2) is 35.9 Å². The van der Waals surface area contributed by atoms with Gasteiger partial charge >= 0.3 is 0 Å². The minimum atomic E-state index is -0.645. The molecule has 122 valence electrons. The molecule has 1 aliphatic rings. The largest absolute Gasteiger partial charge is 0.356 e. The molecule has 7 heteroatoms. The lowest BCUT2D eigenvalue weighted by Crippen LogP contribution is -2.44. The lowest BCUT2D eigenvalue weighted by Gasteiger charge is -2.23. The van der Waals surface area contributed by atoms with E-state index in [4.69, 9.17) is 5.26 Å². The van der Waals surface area contributed by atoms with Gasteiger partial charge in [0.25, 0.3) is 0 Å². The van der Waals surface area contributed by atoms with Crippen molar-refractivity contribution in [2.45, 2.75) is 31.8 Å². The van der Waals surface area contributed by atoms with Crippen molar-refractivity contribution >= 4 is 11.8 Å². The van der Waals surface area contributed by atoms with Gasteiger partial charge in [-0.15, -0.1) is 0 Å². The number of pyridine rings is 1. The van der Waals surface area contributed by atoms with Crippen molar-refractivity contribution in [1.82, 2.24) is 20.9 Å². The van der Waals surface area contributed by atoms with Gasteiger partial charge in [0.05, 0.1) is 18.3 Å². The van der Waals surface area contributed by atoms with Crippen LogP contribution in [0.5, 0.6) is 0 Å². The quantitative estimate of drug-likeness (QED) is 0.661. The molecule has 1 saturated heterocycles. The van der Waals surface area contributed by atoms with Crippen LogP contribution in [0.15, 0.2) is 24.4 Å². The second kappa shape index (κ2) is 8.86. The van der Waals surface area contributed by atoms with Crippen LogP contribution in [0.3, 0.4) is 0 Å². The van der Waals surface area contributed by atoms with E-state index in [1.54, 1.807) is 6.20 Å². The van der Waals surface area contributed by atoms with Crippen LogP contribution >= 0.6 is 0 Å². The maximum absolute atomic E-state index is 11.9. The molecule has 1 aromatic heterocycles. The van der Waals surface area contributed by atoms with E-state index in [0.717, 1.165) is 18.5 Å². The van der Waals surface area contributed by atoms with E-state index < -0.39 is 6.04 Å². The van der Waals surface area contributed by atoms with Crippen LogP contribution in [0.25, 0.3) is 0 Å². The summed E-state index contributed by atoms with van der Waals surface area (Å²) in [5.74, 6) is -0.488. The van der Waals surface area contributed by atoms with Gasteiger partial charge in [0.2, 0.25) is 11.8 Å². The van der Waals surface area contributed by atoms with Gasteiger partial charge in [0, 0.05) is 25.2 Å². The third-order valence-electron chi connectivity index (χ3n) is 3.73. The summed E-state index contributed by atoms with van der Waals surface area (Å²) in [5.41, 5.74) is 0.844. The van der Waals surface area contributed by atoms with Crippen molar-refractivity contribution in [2.24, 2.45) is 5.92 Å². The topological polar surface area (TPSA) is 107 Å². The Morgan fingerprint density at radius 1 is 1.52 bits per heavy atom. The van der Waals surface area contributed by atoms with Crippen molar-refractivity contribution in [3.05, 3.63) is 30.1 Å². The minimum absolute atomic E-state index is 0.0287. The molecular weight excluding hydrogens is 294 g/mol. The van der Waals surface area contributed by atoms with Crippen LogP contribution in [0.1, 0.15) is 25.0 Å². The van der Waals surface area contributed by atoms with Gasteiger partial charge < -0.3 is 16.0 Å². The third-order valence-corrected chi connectivity index (χ3v) is 3.73. The molecule has 2 atom stereocenters. The highest BCUT2D eigenvalue weighted by Crippen LogP contribution is 2.17. The second-order valence-corrected chi connectivity index (χ2v) is 5.54. The number of rotatable bonds is 7. The van der Waals surface area contributed by atoms with E-state index in [-0.39, 0.29) is 24.3 Å². The fourth-order valence-corrected chi connectivity index (χ4v) is 2.54. The standard InChI is InChI=1S/C16H21N5O2/c17-9-14(8-12-4-3-7-20-16(12)23)21-15(22)11-18-10-13-5-1-2-6-19-13/h1-2,5-6,12,14,18H,3-4,7-8,10-11H2,(H,20,23)(H,21,22)/t12-,14-/m0/s1. The van der Waals surface area contributed by atoms with E-state index in [1.165, 1.54) is 0 Å². The molecule has 0 radical (unpaired) electrons. The Morgan fingerprint density at radius 3 is 3.09 bits per heavy atom. The zero-order valence-electron chi connectivity index (χ0n) is 12.9. The number of aromatic nitrogens is 1. The van der Waals surface area contributed by atoms with Crippen LogP contribution in [0.2, 0.25) is 0 Å². The number of nitriles is 1. The smallest absolute Gasteiger partial charge is 0.234 e. The van der Waals surface area contributed by atoms with E-state index in [9.17, 15) is 9.59 Å². The molecule has 2 rings (SSSR count). The fourth-order valence-electron chi connectivity index (χ4n) is 2.54. The third kappa shape index (κ3) is 5.68. The first kappa shape index (κ1) is 16.9. The van der Waals surface area contributed by atoms with Crippen LogP contribution < -0.4 is 16.0 Å². The summed E-state index contributed by atoms with van der Waals surface area (Å²) in [7, 11) is 0. The van der Waals surface area contributed by atoms with Gasteiger partial charge in [-0.25, -0.2) is 0 Å². The molecule has 1 fully saturated rings. The lowest BCUT2D eigenvalue weighted by atomic mass is 9.92. The first-order valence-electron chi connectivity index (χ1n) is 7.76. The Bertz CT molecular complexity index is 570. The maximum Gasteiger partial charge on any atom is 0.234 e. The summed E-state index contributed by atoms with van der Waals surface area (Å²) in [5, 5.41) is 17.6. The minimum Gasteiger partial charge on any atom is -0.356 e. The van der Waals surface area contributed by atoms with Gasteiger partial charge in [0.15, 0.2) is 0 Å². The molecule has 0 saturated carbocycles. The highest BCUT2D eigenvalue weighted by atomic mass is 16.2. The molecule has 2 amide bonds. The summed E-state index contributed by atoms with van der Waals surface area (Å²) in [6.45, 7) is 1.28. The maximum atomic E-state index is 11.9. The Labute approximate surface area is 135 Å². The predicted molar refractivity (Wildman–Crippen MR) is 83.8 cm³/mol. The highest BCUT2D eigenvalue weighted by Gasteiger charge is 2.26. The first-order valence-corrected chi connectivity index (χ1v) is 7.76. The summed E-state index contributed by atoms with van der Waals surface area (Å²) < 4.78 is 0. The zero-order valence-corrected chi connectivity index (χ0v) is 12.9. The fraction of sp³-hybridized carbons (Fsp3) is 0.500. The molecule has 2 heterocycles. The molecule has 0 bridgehead atoms. The molecule has 0 aromatic carbocycles. The van der Waals surface area contributed by atoms with Crippen molar-refractivity contribution in [1.29, 1.82) is 5.26 Å². The lowest BCUT2D eigenvalue weighted by molar-refractivity contribution is -0.127. The number of piperidine rings is 1. The van der Waals surface area contributed by atoms with E-state index in [1.807, 2.05) is 18.2 Å². The predicted octanol–water partition coefficient (Wildman–Crippen LogP) is 0.0959. The number of nitrogens with zero attached hydrogens (tertiary/aromatic N) is 2. The molecule has 1 aliphatic heterocycles. The van der Waals surface area contributed by atoms with Crippen molar-refractivity contribution in [2.75, 3.05) is 13.1 Å². The zero-order chi connectivity index (χ0) is 16.5. The summed E-state index contributed by atoms with van der Waals surface area (Å²) in [4.78, 5) is 27.7. The van der Waals surface area contributed by atoms with Crippen LogP contribution in [0, 0.1) is 17.2 Å². The van der Waals surface area contributed by atoms with E-state index >= 15 is 0 Å². The SMILES string of the molecule is N#C[C@H](C[C@@H]1CCCNC1=O)NC(=O)CNCc1ccccn1. The number of carbonyl (C=O) groups excluding carboxylic acids is 2.